The van der Waals surface area contributed by atoms with Crippen LogP contribution >= 0.6 is 0 Å². The van der Waals surface area contributed by atoms with Crippen molar-refractivity contribution >= 4 is 15.5 Å². The molecule has 1 aromatic carbocycles. The Balaban J connectivity index is 2.17. The van der Waals surface area contributed by atoms with Crippen molar-refractivity contribution in [1.29, 1.82) is 5.26 Å². The Kier molecular flexibility index (Phi) is 4.47. The minimum Gasteiger partial charge on any atom is -0.378 e. The van der Waals surface area contributed by atoms with Gasteiger partial charge in [-0.3, -0.25) is 0 Å². The lowest BCUT2D eigenvalue weighted by Gasteiger charge is -2.29. The van der Waals surface area contributed by atoms with Crippen molar-refractivity contribution in [3.05, 3.63) is 29.3 Å². The number of nitrogens with zero attached hydrogens (tertiary/aromatic N) is 1. The number of hydrogen-bond donors (Lipinski definition) is 1. The van der Waals surface area contributed by atoms with Gasteiger partial charge >= 0.3 is 0 Å². The molecule has 1 saturated carbocycles. The van der Waals surface area contributed by atoms with Gasteiger partial charge in [-0.1, -0.05) is 6.42 Å². The molecule has 1 N–H and O–H groups in total. The molecular weight excluding hydrogens is 298 g/mol. The summed E-state index contributed by atoms with van der Waals surface area (Å²) in [6.07, 6.45) is 3.44. The quantitative estimate of drug-likeness (QED) is 0.931. The van der Waals surface area contributed by atoms with Gasteiger partial charge in [-0.25, -0.2) is 17.2 Å². The normalized spacial score (nSPS) is 22.6. The zero-order valence-corrected chi connectivity index (χ0v) is 12.4. The first-order valence-electron chi connectivity index (χ1n) is 6.66. The van der Waals surface area contributed by atoms with Gasteiger partial charge in [0.2, 0.25) is 0 Å². The van der Waals surface area contributed by atoms with Gasteiger partial charge < -0.3 is 5.32 Å². The van der Waals surface area contributed by atoms with Crippen LogP contribution in [0.25, 0.3) is 0 Å². The average molecular weight is 314 g/mol. The van der Waals surface area contributed by atoms with Gasteiger partial charge in [0.15, 0.2) is 11.6 Å². The molecule has 2 rings (SSSR count). The van der Waals surface area contributed by atoms with Gasteiger partial charge in [0.25, 0.3) is 0 Å². The molecule has 1 aromatic rings. The molecule has 1 aliphatic rings. The van der Waals surface area contributed by atoms with Crippen LogP contribution in [0, 0.1) is 23.0 Å². The molecule has 0 aromatic heterocycles. The largest absolute Gasteiger partial charge is 0.378 e. The van der Waals surface area contributed by atoms with Crippen LogP contribution in [-0.4, -0.2) is 26.0 Å². The molecule has 0 heterocycles. The number of nitriles is 1. The van der Waals surface area contributed by atoms with Crippen molar-refractivity contribution in [1.82, 2.24) is 0 Å². The van der Waals surface area contributed by atoms with Gasteiger partial charge in [0, 0.05) is 12.3 Å². The lowest BCUT2D eigenvalue weighted by molar-refractivity contribution is 0.449. The maximum absolute atomic E-state index is 13.8. The third-order valence-electron chi connectivity index (χ3n) is 3.75. The minimum atomic E-state index is -3.15. The van der Waals surface area contributed by atoms with Crippen LogP contribution < -0.4 is 5.32 Å². The molecule has 0 aliphatic heterocycles. The van der Waals surface area contributed by atoms with Crippen LogP contribution in [0.1, 0.15) is 31.2 Å². The number of nitrogens with one attached hydrogen (secondary N) is 1. The molecule has 21 heavy (non-hydrogen) atoms. The van der Waals surface area contributed by atoms with Crippen molar-refractivity contribution < 1.29 is 17.2 Å². The van der Waals surface area contributed by atoms with Gasteiger partial charge in [-0.05, 0) is 31.4 Å². The average Bonchev–Trinajstić information content (AvgIpc) is 2.42. The molecule has 0 saturated heterocycles. The molecular formula is C14H16F2N2O2S. The molecule has 7 heteroatoms. The first kappa shape index (κ1) is 15.7. The predicted molar refractivity (Wildman–Crippen MR) is 75.6 cm³/mol. The van der Waals surface area contributed by atoms with E-state index in [1.165, 1.54) is 6.26 Å². The highest BCUT2D eigenvalue weighted by molar-refractivity contribution is 7.91. The van der Waals surface area contributed by atoms with Crippen LogP contribution in [0.5, 0.6) is 0 Å². The molecule has 1 aliphatic carbocycles. The number of rotatable bonds is 3. The van der Waals surface area contributed by atoms with Crippen molar-refractivity contribution in [2.45, 2.75) is 37.0 Å². The highest BCUT2D eigenvalue weighted by Crippen LogP contribution is 2.28. The lowest BCUT2D eigenvalue weighted by atomic mass is 9.94. The first-order chi connectivity index (χ1) is 9.81. The Morgan fingerprint density at radius 2 is 1.90 bits per heavy atom. The summed E-state index contributed by atoms with van der Waals surface area (Å²) in [5.41, 5.74) is -0.388. The smallest absolute Gasteiger partial charge is 0.150 e. The molecule has 0 bridgehead atoms. The number of anilines is 1. The third-order valence-corrected chi connectivity index (χ3v) is 5.39. The van der Waals surface area contributed by atoms with Crippen LogP contribution in [-0.2, 0) is 9.84 Å². The number of hydrogen-bond acceptors (Lipinski definition) is 4. The maximum Gasteiger partial charge on any atom is 0.150 e. The molecule has 4 nitrogen and oxygen atoms in total. The van der Waals surface area contributed by atoms with Crippen LogP contribution in [0.3, 0.4) is 0 Å². The molecule has 114 valence electrons. The van der Waals surface area contributed by atoms with Crippen molar-refractivity contribution in [2.24, 2.45) is 0 Å². The monoisotopic (exact) mass is 314 g/mol. The van der Waals surface area contributed by atoms with E-state index in [0.717, 1.165) is 12.1 Å². The van der Waals surface area contributed by atoms with Gasteiger partial charge in [-0.2, -0.15) is 5.26 Å². The predicted octanol–water partition coefficient (Wildman–Crippen LogP) is 2.60. The fraction of sp³-hybridized carbons (Fsp3) is 0.500. The van der Waals surface area contributed by atoms with E-state index in [2.05, 4.69) is 5.32 Å². The van der Waals surface area contributed by atoms with Gasteiger partial charge in [0.05, 0.1) is 16.9 Å². The molecule has 0 unspecified atom stereocenters. The molecule has 0 radical (unpaired) electrons. The Hall–Kier alpha value is -1.68. The maximum atomic E-state index is 13.8. The fourth-order valence-corrected chi connectivity index (χ4v) is 3.82. The van der Waals surface area contributed by atoms with Crippen LogP contribution in [0.15, 0.2) is 12.1 Å². The summed E-state index contributed by atoms with van der Waals surface area (Å²) in [6, 6.07) is 3.30. The lowest BCUT2D eigenvalue weighted by Crippen LogP contribution is -2.34. The van der Waals surface area contributed by atoms with E-state index in [1.807, 2.05) is 0 Å². The highest BCUT2D eigenvalue weighted by atomic mass is 32.2. The van der Waals surface area contributed by atoms with E-state index in [-0.39, 0.29) is 17.3 Å². The van der Waals surface area contributed by atoms with E-state index in [0.29, 0.717) is 25.7 Å². The summed E-state index contributed by atoms with van der Waals surface area (Å²) in [5.74, 6) is -1.68. The molecule has 2 atom stereocenters. The highest BCUT2D eigenvalue weighted by Gasteiger charge is 2.29. The van der Waals surface area contributed by atoms with Crippen LogP contribution in [0.2, 0.25) is 0 Å². The summed E-state index contributed by atoms with van der Waals surface area (Å²) in [7, 11) is -3.15. The zero-order chi connectivity index (χ0) is 15.6. The SMILES string of the molecule is CS(=O)(=O)[C@@H]1CCC[C@@H](Nc2c(F)cc(C#N)cc2F)C1. The Morgan fingerprint density at radius 1 is 1.29 bits per heavy atom. The van der Waals surface area contributed by atoms with E-state index in [1.54, 1.807) is 6.07 Å². The van der Waals surface area contributed by atoms with Gasteiger partial charge in [-0.15, -0.1) is 0 Å². The van der Waals surface area contributed by atoms with E-state index < -0.39 is 26.7 Å². The molecule has 1 fully saturated rings. The van der Waals surface area contributed by atoms with Crippen LogP contribution in [0.4, 0.5) is 14.5 Å². The summed E-state index contributed by atoms with van der Waals surface area (Å²) >= 11 is 0. The molecule has 0 amide bonds. The Bertz CT molecular complexity index is 660. The summed E-state index contributed by atoms with van der Waals surface area (Å²) in [5, 5.41) is 10.9. The fourth-order valence-electron chi connectivity index (χ4n) is 2.64. The molecule has 0 spiro atoms. The number of halogens is 2. The van der Waals surface area contributed by atoms with Crippen molar-refractivity contribution in [2.75, 3.05) is 11.6 Å². The third kappa shape index (κ3) is 3.70. The number of benzene rings is 1. The van der Waals surface area contributed by atoms with Crippen molar-refractivity contribution in [3.63, 3.8) is 0 Å². The summed E-state index contributed by atoms with van der Waals surface area (Å²) in [6.45, 7) is 0. The van der Waals surface area contributed by atoms with Gasteiger partial charge in [0.1, 0.15) is 15.5 Å². The van der Waals surface area contributed by atoms with E-state index >= 15 is 0 Å². The van der Waals surface area contributed by atoms with Crippen molar-refractivity contribution in [3.8, 4) is 6.07 Å². The van der Waals surface area contributed by atoms with E-state index in [4.69, 9.17) is 5.26 Å². The first-order valence-corrected chi connectivity index (χ1v) is 8.61. The minimum absolute atomic E-state index is 0.0896. The number of sulfone groups is 1. The second-order valence-electron chi connectivity index (χ2n) is 5.39. The Labute approximate surface area is 122 Å². The second-order valence-corrected chi connectivity index (χ2v) is 7.71. The Morgan fingerprint density at radius 3 is 2.43 bits per heavy atom. The van der Waals surface area contributed by atoms with E-state index in [9.17, 15) is 17.2 Å². The summed E-state index contributed by atoms with van der Waals surface area (Å²) in [4.78, 5) is 0. The zero-order valence-electron chi connectivity index (χ0n) is 11.6. The second kappa shape index (κ2) is 5.98. The standard InChI is InChI=1S/C14H16F2N2O2S/c1-21(19,20)11-4-2-3-10(7-11)18-14-12(15)5-9(8-17)6-13(14)16/h5-6,10-11,18H,2-4,7H2,1H3/t10-,11-/m1/s1. The summed E-state index contributed by atoms with van der Waals surface area (Å²) < 4.78 is 50.8. The topological polar surface area (TPSA) is 70.0 Å².